The molecule has 0 fully saturated rings. The summed E-state index contributed by atoms with van der Waals surface area (Å²) in [6.45, 7) is 5.92. The van der Waals surface area contributed by atoms with Crippen molar-refractivity contribution >= 4 is 22.8 Å². The number of H-pyrrole nitrogens is 1. The van der Waals surface area contributed by atoms with E-state index in [-0.39, 0.29) is 12.5 Å². The van der Waals surface area contributed by atoms with Crippen LogP contribution in [0.5, 0.6) is 0 Å². The second kappa shape index (κ2) is 7.99. The Labute approximate surface area is 118 Å². The molecule has 20 heavy (non-hydrogen) atoms. The molecule has 5 nitrogen and oxygen atoms in total. The predicted octanol–water partition coefficient (Wildman–Crippen LogP) is 2.49. The highest BCUT2D eigenvalue weighted by atomic mass is 16.5. The zero-order valence-corrected chi connectivity index (χ0v) is 12.0. The van der Waals surface area contributed by atoms with Gasteiger partial charge in [0.2, 0.25) is 0 Å². The maximum atomic E-state index is 11.8. The minimum Gasteiger partial charge on any atom is -0.465 e. The van der Waals surface area contributed by atoms with Gasteiger partial charge in [-0.1, -0.05) is 13.8 Å². The molecule has 1 heterocycles. The third-order valence-electron chi connectivity index (χ3n) is 2.51. The lowest BCUT2D eigenvalue weighted by molar-refractivity contribution is -0.141. The van der Waals surface area contributed by atoms with Crippen molar-refractivity contribution < 1.29 is 14.3 Å². The highest BCUT2D eigenvalue weighted by molar-refractivity contribution is 5.99. The average Bonchev–Trinajstić information content (AvgIpc) is 2.94. The van der Waals surface area contributed by atoms with Gasteiger partial charge in [0.15, 0.2) is 0 Å². The Hall–Kier alpha value is -2.30. The molecule has 5 heteroatoms. The van der Waals surface area contributed by atoms with Gasteiger partial charge < -0.3 is 15.0 Å². The van der Waals surface area contributed by atoms with Gasteiger partial charge in [-0.15, -0.1) is 0 Å². The standard InChI is InChI=1S/C13H14N2O3.C2H6/c1-2-18-12(16)8-15-13(17)10-3-4-11-9(7-10)5-6-14-11;1-2/h3-7,14H,2,8H2,1H3,(H,15,17);1-2H3. The van der Waals surface area contributed by atoms with Crippen LogP contribution in [0.15, 0.2) is 30.5 Å². The van der Waals surface area contributed by atoms with Gasteiger partial charge in [0, 0.05) is 22.7 Å². The number of hydrogen-bond donors (Lipinski definition) is 2. The van der Waals surface area contributed by atoms with Gasteiger partial charge >= 0.3 is 5.97 Å². The van der Waals surface area contributed by atoms with Crippen LogP contribution < -0.4 is 5.32 Å². The molecule has 108 valence electrons. The van der Waals surface area contributed by atoms with Crippen LogP contribution in [0, 0.1) is 0 Å². The van der Waals surface area contributed by atoms with Crippen molar-refractivity contribution in [2.75, 3.05) is 13.2 Å². The van der Waals surface area contributed by atoms with Crippen LogP contribution in [0.4, 0.5) is 0 Å². The first kappa shape index (κ1) is 15.8. The second-order valence-corrected chi connectivity index (χ2v) is 3.77. The molecule has 0 atom stereocenters. The minimum absolute atomic E-state index is 0.113. The number of rotatable bonds is 4. The van der Waals surface area contributed by atoms with E-state index in [4.69, 9.17) is 4.74 Å². The van der Waals surface area contributed by atoms with Crippen LogP contribution >= 0.6 is 0 Å². The number of esters is 1. The Morgan fingerprint density at radius 1 is 1.25 bits per heavy atom. The zero-order valence-electron chi connectivity index (χ0n) is 12.0. The van der Waals surface area contributed by atoms with Crippen LogP contribution in [0.1, 0.15) is 31.1 Å². The highest BCUT2D eigenvalue weighted by Gasteiger charge is 2.09. The van der Waals surface area contributed by atoms with Crippen LogP contribution in [0.25, 0.3) is 10.9 Å². The Kier molecular flexibility index (Phi) is 6.29. The quantitative estimate of drug-likeness (QED) is 0.843. The maximum Gasteiger partial charge on any atom is 0.325 e. The highest BCUT2D eigenvalue weighted by Crippen LogP contribution is 2.13. The number of carbonyl (C=O) groups is 2. The Morgan fingerprint density at radius 3 is 2.70 bits per heavy atom. The molecule has 0 spiro atoms. The molecule has 2 aromatic rings. The first-order valence-corrected chi connectivity index (χ1v) is 6.71. The third kappa shape index (κ3) is 4.12. The molecule has 0 bridgehead atoms. The molecular weight excluding hydrogens is 256 g/mol. The molecule has 1 amide bonds. The number of fused-ring (bicyclic) bond motifs is 1. The minimum atomic E-state index is -0.437. The number of ether oxygens (including phenoxy) is 1. The molecule has 0 unspecified atom stereocenters. The molecule has 2 N–H and O–H groups in total. The van der Waals surface area contributed by atoms with Gasteiger partial charge in [0.25, 0.3) is 5.91 Å². The van der Waals surface area contributed by atoms with Crippen molar-refractivity contribution in [3.8, 4) is 0 Å². The van der Waals surface area contributed by atoms with E-state index in [1.54, 1.807) is 19.1 Å². The molecule has 0 aliphatic carbocycles. The van der Waals surface area contributed by atoms with Gasteiger partial charge in [-0.05, 0) is 31.2 Å². The molecule has 2 rings (SSSR count). The lowest BCUT2D eigenvalue weighted by Crippen LogP contribution is -2.30. The van der Waals surface area contributed by atoms with Crippen LogP contribution in [-0.4, -0.2) is 30.0 Å². The number of nitrogens with one attached hydrogen (secondary N) is 2. The fourth-order valence-electron chi connectivity index (χ4n) is 1.66. The number of aromatic nitrogens is 1. The summed E-state index contributed by atoms with van der Waals surface area (Å²) in [5.74, 6) is -0.722. The van der Waals surface area contributed by atoms with E-state index in [1.165, 1.54) is 0 Å². The molecule has 0 aliphatic rings. The van der Waals surface area contributed by atoms with E-state index in [9.17, 15) is 9.59 Å². The number of hydrogen-bond acceptors (Lipinski definition) is 3. The Bertz CT molecular complexity index is 575. The molecular formula is C15H20N2O3. The van der Waals surface area contributed by atoms with E-state index >= 15 is 0 Å². The van der Waals surface area contributed by atoms with Gasteiger partial charge in [0.1, 0.15) is 6.54 Å². The molecule has 0 saturated heterocycles. The first-order valence-electron chi connectivity index (χ1n) is 6.71. The normalized spacial score (nSPS) is 9.55. The van der Waals surface area contributed by atoms with Crippen LogP contribution in [0.3, 0.4) is 0 Å². The second-order valence-electron chi connectivity index (χ2n) is 3.77. The first-order chi connectivity index (χ1) is 9.70. The smallest absolute Gasteiger partial charge is 0.325 e. The van der Waals surface area contributed by atoms with Crippen molar-refractivity contribution in [1.29, 1.82) is 0 Å². The summed E-state index contributed by atoms with van der Waals surface area (Å²) in [4.78, 5) is 25.9. The third-order valence-corrected chi connectivity index (χ3v) is 2.51. The number of amides is 1. The van der Waals surface area contributed by atoms with E-state index in [2.05, 4.69) is 10.3 Å². The summed E-state index contributed by atoms with van der Waals surface area (Å²) in [6, 6.07) is 7.19. The maximum absolute atomic E-state index is 11.8. The van der Waals surface area contributed by atoms with Crippen LogP contribution in [-0.2, 0) is 9.53 Å². The van der Waals surface area contributed by atoms with Crippen molar-refractivity contribution in [2.24, 2.45) is 0 Å². The summed E-state index contributed by atoms with van der Waals surface area (Å²) in [7, 11) is 0. The van der Waals surface area contributed by atoms with E-state index in [1.807, 2.05) is 32.2 Å². The lowest BCUT2D eigenvalue weighted by atomic mass is 10.1. The Balaban J connectivity index is 0.000000956. The zero-order chi connectivity index (χ0) is 15.0. The van der Waals surface area contributed by atoms with Crippen molar-refractivity contribution in [3.63, 3.8) is 0 Å². The van der Waals surface area contributed by atoms with Crippen molar-refractivity contribution in [1.82, 2.24) is 10.3 Å². The van der Waals surface area contributed by atoms with Crippen molar-refractivity contribution in [3.05, 3.63) is 36.0 Å². The predicted molar refractivity (Wildman–Crippen MR) is 78.6 cm³/mol. The fraction of sp³-hybridized carbons (Fsp3) is 0.333. The van der Waals surface area contributed by atoms with E-state index < -0.39 is 5.97 Å². The van der Waals surface area contributed by atoms with Gasteiger partial charge in [-0.3, -0.25) is 9.59 Å². The topological polar surface area (TPSA) is 71.2 Å². The van der Waals surface area contributed by atoms with Gasteiger partial charge in [-0.25, -0.2) is 0 Å². The summed E-state index contributed by atoms with van der Waals surface area (Å²) in [6.07, 6.45) is 1.81. The molecule has 1 aromatic heterocycles. The Morgan fingerprint density at radius 2 is 2.00 bits per heavy atom. The van der Waals surface area contributed by atoms with Crippen LogP contribution in [0.2, 0.25) is 0 Å². The largest absolute Gasteiger partial charge is 0.465 e. The summed E-state index contributed by atoms with van der Waals surface area (Å²) in [5, 5.41) is 3.47. The van der Waals surface area contributed by atoms with E-state index in [0.29, 0.717) is 12.2 Å². The summed E-state index contributed by atoms with van der Waals surface area (Å²) < 4.78 is 4.73. The van der Waals surface area contributed by atoms with Gasteiger partial charge in [0.05, 0.1) is 6.61 Å². The van der Waals surface area contributed by atoms with Gasteiger partial charge in [-0.2, -0.15) is 0 Å². The molecule has 0 saturated carbocycles. The van der Waals surface area contributed by atoms with Crippen molar-refractivity contribution in [2.45, 2.75) is 20.8 Å². The summed E-state index contributed by atoms with van der Waals surface area (Å²) >= 11 is 0. The molecule has 1 aromatic carbocycles. The fourth-order valence-corrected chi connectivity index (χ4v) is 1.66. The monoisotopic (exact) mass is 276 g/mol. The lowest BCUT2D eigenvalue weighted by Gasteiger charge is -2.05. The number of aromatic amines is 1. The number of benzene rings is 1. The SMILES string of the molecule is CC.CCOC(=O)CNC(=O)c1ccc2[nH]ccc2c1. The average molecular weight is 276 g/mol. The number of carbonyl (C=O) groups excluding carboxylic acids is 2. The van der Waals surface area contributed by atoms with E-state index in [0.717, 1.165) is 10.9 Å². The molecule has 0 radical (unpaired) electrons. The summed E-state index contributed by atoms with van der Waals surface area (Å²) in [5.41, 5.74) is 1.49. The molecule has 0 aliphatic heterocycles.